The van der Waals surface area contributed by atoms with Gasteiger partial charge in [0, 0.05) is 42.8 Å². The molecule has 25 heavy (non-hydrogen) atoms. The second kappa shape index (κ2) is 8.00. The molecule has 3 atom stereocenters. The minimum atomic E-state index is 0.0102. The third-order valence-electron chi connectivity index (χ3n) is 5.49. The minimum Gasteiger partial charge on any atom is -0.339 e. The Morgan fingerprint density at radius 2 is 1.84 bits per heavy atom. The molecule has 5 nitrogen and oxygen atoms in total. The lowest BCUT2D eigenvalue weighted by Gasteiger charge is -2.28. The second-order valence-corrected chi connectivity index (χ2v) is 7.29. The van der Waals surface area contributed by atoms with Gasteiger partial charge in [-0.1, -0.05) is 6.07 Å². The predicted molar refractivity (Wildman–Crippen MR) is 99.6 cm³/mol. The van der Waals surface area contributed by atoms with Gasteiger partial charge < -0.3 is 15.5 Å². The van der Waals surface area contributed by atoms with Gasteiger partial charge in [-0.25, -0.2) is 0 Å². The first-order chi connectivity index (χ1) is 12.1. The summed E-state index contributed by atoms with van der Waals surface area (Å²) in [6, 6.07) is 8.48. The number of piperidine rings is 1. The van der Waals surface area contributed by atoms with E-state index in [0.29, 0.717) is 48.8 Å². The first-order valence-electron chi connectivity index (χ1n) is 9.54. The highest BCUT2D eigenvalue weighted by Gasteiger charge is 2.34. The quantitative estimate of drug-likeness (QED) is 0.835. The van der Waals surface area contributed by atoms with Gasteiger partial charge in [0.2, 0.25) is 5.91 Å². The van der Waals surface area contributed by atoms with Crippen LogP contribution < -0.4 is 10.6 Å². The number of nitrogens with one attached hydrogen (secondary N) is 2. The Kier molecular flexibility index (Phi) is 5.74. The lowest BCUT2D eigenvalue weighted by molar-refractivity contribution is -0.117. The molecule has 3 rings (SSSR count). The van der Waals surface area contributed by atoms with Crippen LogP contribution in [0.5, 0.6) is 0 Å². The molecular weight excluding hydrogens is 314 g/mol. The monoisotopic (exact) mass is 343 g/mol. The number of fused-ring (bicyclic) bond motifs is 2. The average molecular weight is 343 g/mol. The number of carbonyl (C=O) groups excluding carboxylic acids is 2. The van der Waals surface area contributed by atoms with Crippen LogP contribution in [-0.4, -0.2) is 41.9 Å². The Morgan fingerprint density at radius 1 is 1.16 bits per heavy atom. The fraction of sp³-hybridized carbons (Fsp3) is 0.600. The zero-order chi connectivity index (χ0) is 17.8. The molecule has 2 aliphatic rings. The van der Waals surface area contributed by atoms with E-state index >= 15 is 0 Å². The summed E-state index contributed by atoms with van der Waals surface area (Å²) in [5, 5.41) is 6.59. The van der Waals surface area contributed by atoms with Crippen molar-refractivity contribution in [2.24, 2.45) is 5.92 Å². The summed E-state index contributed by atoms with van der Waals surface area (Å²) >= 11 is 0. The maximum atomic E-state index is 12.4. The highest BCUT2D eigenvalue weighted by atomic mass is 16.2. The molecule has 0 radical (unpaired) electrons. The number of carbonyl (C=O) groups is 2. The van der Waals surface area contributed by atoms with Crippen molar-refractivity contribution < 1.29 is 9.59 Å². The molecule has 0 spiro atoms. The van der Waals surface area contributed by atoms with Crippen molar-refractivity contribution in [3.05, 3.63) is 29.8 Å². The fourth-order valence-electron chi connectivity index (χ4n) is 4.24. The fourth-order valence-corrected chi connectivity index (χ4v) is 4.24. The first-order valence-corrected chi connectivity index (χ1v) is 9.54. The average Bonchev–Trinajstić information content (AvgIpc) is 2.94. The number of rotatable bonds is 6. The maximum Gasteiger partial charge on any atom is 0.253 e. The van der Waals surface area contributed by atoms with E-state index in [4.69, 9.17) is 0 Å². The Morgan fingerprint density at radius 3 is 2.48 bits per heavy atom. The van der Waals surface area contributed by atoms with Crippen LogP contribution in [-0.2, 0) is 4.79 Å². The minimum absolute atomic E-state index is 0.0102. The van der Waals surface area contributed by atoms with E-state index < -0.39 is 0 Å². The van der Waals surface area contributed by atoms with Crippen LogP contribution in [0.15, 0.2) is 24.3 Å². The topological polar surface area (TPSA) is 61.4 Å². The summed E-state index contributed by atoms with van der Waals surface area (Å²) in [4.78, 5) is 26.6. The highest BCUT2D eigenvalue weighted by Crippen LogP contribution is 2.32. The van der Waals surface area contributed by atoms with Gasteiger partial charge in [-0.15, -0.1) is 0 Å². The third kappa shape index (κ3) is 4.40. The molecule has 2 heterocycles. The standard InChI is InChI=1S/C20H29N3O2/c1-3-23(4-2)20(25)15-6-5-7-16(13-15)22-19(24)12-14-10-17-8-9-18(11-14)21-17/h5-7,13-14,17-18,21H,3-4,8-12H2,1-2H3,(H,22,24)/t14?,17-,18+. The zero-order valence-electron chi connectivity index (χ0n) is 15.3. The molecule has 2 N–H and O–H groups in total. The number of hydrogen-bond acceptors (Lipinski definition) is 3. The van der Waals surface area contributed by atoms with E-state index in [0.717, 1.165) is 12.8 Å². The molecule has 2 aliphatic heterocycles. The Labute approximate surface area is 150 Å². The van der Waals surface area contributed by atoms with Gasteiger partial charge in [0.25, 0.3) is 5.91 Å². The van der Waals surface area contributed by atoms with Crippen molar-refractivity contribution in [3.63, 3.8) is 0 Å². The van der Waals surface area contributed by atoms with Gasteiger partial charge in [0.15, 0.2) is 0 Å². The molecular formula is C20H29N3O2. The van der Waals surface area contributed by atoms with Crippen LogP contribution >= 0.6 is 0 Å². The van der Waals surface area contributed by atoms with Gasteiger partial charge in [0.1, 0.15) is 0 Å². The molecule has 0 saturated carbocycles. The molecule has 1 unspecified atom stereocenters. The van der Waals surface area contributed by atoms with Crippen molar-refractivity contribution in [3.8, 4) is 0 Å². The van der Waals surface area contributed by atoms with Crippen molar-refractivity contribution in [1.29, 1.82) is 0 Å². The maximum absolute atomic E-state index is 12.4. The van der Waals surface area contributed by atoms with E-state index in [1.807, 2.05) is 26.0 Å². The molecule has 1 aromatic carbocycles. The molecule has 136 valence electrons. The van der Waals surface area contributed by atoms with Crippen LogP contribution in [0, 0.1) is 5.92 Å². The number of benzene rings is 1. The smallest absolute Gasteiger partial charge is 0.253 e. The van der Waals surface area contributed by atoms with E-state index in [-0.39, 0.29) is 11.8 Å². The Hall–Kier alpha value is -1.88. The molecule has 5 heteroatoms. The van der Waals surface area contributed by atoms with Crippen LogP contribution in [0.25, 0.3) is 0 Å². The molecule has 2 saturated heterocycles. The molecule has 0 aliphatic carbocycles. The van der Waals surface area contributed by atoms with Crippen LogP contribution in [0.4, 0.5) is 5.69 Å². The third-order valence-corrected chi connectivity index (χ3v) is 5.49. The first kappa shape index (κ1) is 17.9. The van der Waals surface area contributed by atoms with Crippen molar-refractivity contribution in [2.75, 3.05) is 18.4 Å². The number of amides is 2. The summed E-state index contributed by atoms with van der Waals surface area (Å²) in [6.45, 7) is 5.31. The van der Waals surface area contributed by atoms with Crippen molar-refractivity contribution in [1.82, 2.24) is 10.2 Å². The molecule has 2 bridgehead atoms. The van der Waals surface area contributed by atoms with Crippen molar-refractivity contribution >= 4 is 17.5 Å². The summed E-state index contributed by atoms with van der Waals surface area (Å²) in [5.41, 5.74) is 1.33. The molecule has 0 aromatic heterocycles. The van der Waals surface area contributed by atoms with Crippen LogP contribution in [0.2, 0.25) is 0 Å². The van der Waals surface area contributed by atoms with Crippen molar-refractivity contribution in [2.45, 2.75) is 58.0 Å². The number of hydrogen-bond donors (Lipinski definition) is 2. The predicted octanol–water partition coefficient (Wildman–Crippen LogP) is 3.03. The van der Waals surface area contributed by atoms with E-state index in [9.17, 15) is 9.59 Å². The molecule has 2 amide bonds. The van der Waals surface area contributed by atoms with Gasteiger partial charge >= 0.3 is 0 Å². The SMILES string of the molecule is CCN(CC)C(=O)c1cccc(NC(=O)CC2C[C@H]3CC[C@@H](C2)N3)c1. The van der Waals surface area contributed by atoms with Gasteiger partial charge in [-0.2, -0.15) is 0 Å². The molecule has 1 aromatic rings. The number of anilines is 1. The largest absolute Gasteiger partial charge is 0.339 e. The van der Waals surface area contributed by atoms with Gasteiger partial charge in [-0.3, -0.25) is 9.59 Å². The lowest BCUT2D eigenvalue weighted by atomic mass is 9.89. The molecule has 2 fully saturated rings. The normalized spacial score (nSPS) is 24.8. The van der Waals surface area contributed by atoms with Crippen LogP contribution in [0.1, 0.15) is 56.3 Å². The van der Waals surface area contributed by atoms with E-state index in [1.165, 1.54) is 12.8 Å². The van der Waals surface area contributed by atoms with Gasteiger partial charge in [-0.05, 0) is 63.6 Å². The van der Waals surface area contributed by atoms with Gasteiger partial charge in [0.05, 0.1) is 0 Å². The second-order valence-electron chi connectivity index (χ2n) is 7.29. The summed E-state index contributed by atoms with van der Waals surface area (Å²) < 4.78 is 0. The summed E-state index contributed by atoms with van der Waals surface area (Å²) in [6.07, 6.45) is 5.27. The van der Waals surface area contributed by atoms with E-state index in [2.05, 4.69) is 10.6 Å². The van der Waals surface area contributed by atoms with Crippen LogP contribution in [0.3, 0.4) is 0 Å². The highest BCUT2D eigenvalue weighted by molar-refractivity contribution is 5.97. The lowest BCUT2D eigenvalue weighted by Crippen LogP contribution is -2.39. The van der Waals surface area contributed by atoms with E-state index in [1.54, 1.807) is 17.0 Å². The Balaban J connectivity index is 1.58. The summed E-state index contributed by atoms with van der Waals surface area (Å²) in [5.74, 6) is 0.536. The number of nitrogens with zero attached hydrogens (tertiary/aromatic N) is 1. The Bertz CT molecular complexity index is 615. The zero-order valence-corrected chi connectivity index (χ0v) is 15.3. The summed E-state index contributed by atoms with van der Waals surface area (Å²) in [7, 11) is 0.